The molecule has 0 N–H and O–H groups in total. The summed E-state index contributed by atoms with van der Waals surface area (Å²) in [6.07, 6.45) is -0.779. The zero-order chi connectivity index (χ0) is 17.2. The van der Waals surface area contributed by atoms with Gasteiger partial charge in [-0.25, -0.2) is 0 Å². The molecule has 0 saturated carbocycles. The van der Waals surface area contributed by atoms with Gasteiger partial charge in [0.1, 0.15) is 0 Å². The molecule has 3 rings (SSSR count). The van der Waals surface area contributed by atoms with Gasteiger partial charge in [0.05, 0.1) is 0 Å². The first-order valence-corrected chi connectivity index (χ1v) is 10.7. The molecule has 24 heavy (non-hydrogen) atoms. The highest BCUT2D eigenvalue weighted by Crippen LogP contribution is 2.36. The third-order valence-electron chi connectivity index (χ3n) is 3.81. The van der Waals surface area contributed by atoms with Crippen LogP contribution in [0.3, 0.4) is 0 Å². The molecular formula is C18H20O5Si. The average molecular weight is 344 g/mol. The van der Waals surface area contributed by atoms with Crippen LogP contribution in [0.25, 0.3) is 0 Å². The second-order valence-electron chi connectivity index (χ2n) is 6.05. The second kappa shape index (κ2) is 6.66. The molecular weight excluding hydrogens is 324 g/mol. The standard InChI is InChI=1S/C18H20O5Si/c1-13(19)22-18(14-9-10-16-17(11-14)21-12-20-16)23-24(2,3)15-7-5-4-6-8-15/h4-11,18H,12H2,1-3H3. The van der Waals surface area contributed by atoms with Crippen molar-refractivity contribution in [1.29, 1.82) is 0 Å². The van der Waals surface area contributed by atoms with Gasteiger partial charge in [-0.2, -0.15) is 0 Å². The van der Waals surface area contributed by atoms with Crippen molar-refractivity contribution in [3.05, 3.63) is 54.1 Å². The van der Waals surface area contributed by atoms with E-state index in [0.29, 0.717) is 11.5 Å². The van der Waals surface area contributed by atoms with Crippen LogP contribution in [0.15, 0.2) is 48.5 Å². The van der Waals surface area contributed by atoms with Gasteiger partial charge in [0.2, 0.25) is 21.4 Å². The van der Waals surface area contributed by atoms with Crippen molar-refractivity contribution < 1.29 is 23.4 Å². The smallest absolute Gasteiger partial charge is 0.305 e. The number of ether oxygens (including phenoxy) is 3. The van der Waals surface area contributed by atoms with Crippen molar-refractivity contribution >= 4 is 19.5 Å². The maximum Gasteiger partial charge on any atom is 0.305 e. The SMILES string of the molecule is CC(=O)OC(O[Si](C)(C)c1ccccc1)c1ccc2c(c1)OCO2. The highest BCUT2D eigenvalue weighted by Gasteiger charge is 2.32. The Balaban J connectivity index is 1.88. The molecule has 2 aromatic carbocycles. The largest absolute Gasteiger partial charge is 0.454 e. The minimum absolute atomic E-state index is 0.197. The fraction of sp³-hybridized carbons (Fsp3) is 0.278. The van der Waals surface area contributed by atoms with Gasteiger partial charge in [-0.1, -0.05) is 30.3 Å². The Kier molecular flexibility index (Phi) is 4.59. The van der Waals surface area contributed by atoms with Crippen LogP contribution in [0, 0.1) is 0 Å². The summed E-state index contributed by atoms with van der Waals surface area (Å²) >= 11 is 0. The molecule has 0 bridgehead atoms. The zero-order valence-electron chi connectivity index (χ0n) is 13.9. The summed E-state index contributed by atoms with van der Waals surface area (Å²) in [5, 5.41) is 1.13. The van der Waals surface area contributed by atoms with E-state index in [9.17, 15) is 4.79 Å². The van der Waals surface area contributed by atoms with Gasteiger partial charge in [-0.15, -0.1) is 0 Å². The predicted molar refractivity (Wildman–Crippen MR) is 91.7 cm³/mol. The Morgan fingerprint density at radius 1 is 1.08 bits per heavy atom. The van der Waals surface area contributed by atoms with Crippen molar-refractivity contribution in [3.63, 3.8) is 0 Å². The van der Waals surface area contributed by atoms with E-state index >= 15 is 0 Å². The summed E-state index contributed by atoms with van der Waals surface area (Å²) in [5.74, 6) is 0.919. The summed E-state index contributed by atoms with van der Waals surface area (Å²) in [5.41, 5.74) is 0.728. The summed E-state index contributed by atoms with van der Waals surface area (Å²) in [7, 11) is -2.27. The van der Waals surface area contributed by atoms with Gasteiger partial charge < -0.3 is 18.6 Å². The normalized spacial score (nSPS) is 14.3. The second-order valence-corrected chi connectivity index (χ2v) is 9.88. The van der Waals surface area contributed by atoms with Gasteiger partial charge in [0, 0.05) is 12.5 Å². The van der Waals surface area contributed by atoms with Crippen LogP contribution in [0.4, 0.5) is 0 Å². The first kappa shape index (κ1) is 16.5. The molecule has 126 valence electrons. The molecule has 0 aliphatic carbocycles. The fourth-order valence-corrected chi connectivity index (χ4v) is 4.40. The first-order valence-electron chi connectivity index (χ1n) is 7.76. The molecule has 5 nitrogen and oxygen atoms in total. The van der Waals surface area contributed by atoms with Gasteiger partial charge in [0.15, 0.2) is 11.5 Å². The summed E-state index contributed by atoms with van der Waals surface area (Å²) in [6, 6.07) is 15.4. The first-order chi connectivity index (χ1) is 11.5. The molecule has 0 spiro atoms. The van der Waals surface area contributed by atoms with E-state index in [0.717, 1.165) is 10.8 Å². The molecule has 1 unspecified atom stereocenters. The minimum atomic E-state index is -2.27. The lowest BCUT2D eigenvalue weighted by molar-refractivity contribution is -0.163. The molecule has 0 radical (unpaired) electrons. The number of hydrogen-bond donors (Lipinski definition) is 0. The van der Waals surface area contributed by atoms with Crippen molar-refractivity contribution in [1.82, 2.24) is 0 Å². The van der Waals surface area contributed by atoms with Crippen LogP contribution >= 0.6 is 0 Å². The Hall–Kier alpha value is -2.31. The highest BCUT2D eigenvalue weighted by atomic mass is 28.4. The maximum atomic E-state index is 11.5. The van der Waals surface area contributed by atoms with Crippen molar-refractivity contribution in [3.8, 4) is 11.5 Å². The Morgan fingerprint density at radius 2 is 1.79 bits per heavy atom. The molecule has 1 aliphatic rings. The molecule has 1 heterocycles. The molecule has 0 saturated heterocycles. The fourth-order valence-electron chi connectivity index (χ4n) is 2.55. The number of carbonyl (C=O) groups excluding carboxylic acids is 1. The lowest BCUT2D eigenvalue weighted by Crippen LogP contribution is -2.46. The van der Waals surface area contributed by atoms with Crippen LogP contribution in [-0.4, -0.2) is 21.1 Å². The number of benzene rings is 2. The molecule has 1 aliphatic heterocycles. The molecule has 0 fully saturated rings. The van der Waals surface area contributed by atoms with Crippen molar-refractivity contribution in [2.45, 2.75) is 26.3 Å². The predicted octanol–water partition coefficient (Wildman–Crippen LogP) is 3.11. The van der Waals surface area contributed by atoms with Crippen molar-refractivity contribution in [2.24, 2.45) is 0 Å². The number of fused-ring (bicyclic) bond motifs is 1. The summed E-state index contributed by atoms with van der Waals surface area (Å²) in [6.45, 7) is 5.72. The van der Waals surface area contributed by atoms with E-state index in [1.54, 1.807) is 12.1 Å². The lowest BCUT2D eigenvalue weighted by atomic mass is 10.2. The molecule has 1 atom stereocenters. The van der Waals surface area contributed by atoms with Gasteiger partial charge >= 0.3 is 5.97 Å². The Morgan fingerprint density at radius 3 is 2.50 bits per heavy atom. The number of carbonyl (C=O) groups is 1. The van der Waals surface area contributed by atoms with Gasteiger partial charge in [-0.05, 0) is 36.5 Å². The molecule has 0 aromatic heterocycles. The third-order valence-corrected chi connectivity index (χ3v) is 6.34. The summed E-state index contributed by atoms with van der Waals surface area (Å²) < 4.78 is 22.4. The monoisotopic (exact) mass is 344 g/mol. The van der Waals surface area contributed by atoms with E-state index in [1.165, 1.54) is 6.92 Å². The lowest BCUT2D eigenvalue weighted by Gasteiger charge is -2.29. The third kappa shape index (κ3) is 3.60. The van der Waals surface area contributed by atoms with Gasteiger partial charge in [0.25, 0.3) is 0 Å². The minimum Gasteiger partial charge on any atom is -0.454 e. The van der Waals surface area contributed by atoms with E-state index in [2.05, 4.69) is 13.1 Å². The summed E-state index contributed by atoms with van der Waals surface area (Å²) in [4.78, 5) is 11.5. The maximum absolute atomic E-state index is 11.5. The number of hydrogen-bond acceptors (Lipinski definition) is 5. The Bertz CT molecular complexity index is 729. The number of esters is 1. The zero-order valence-corrected chi connectivity index (χ0v) is 14.9. The molecule has 0 amide bonds. The van der Waals surface area contributed by atoms with Crippen LogP contribution in [0.1, 0.15) is 18.8 Å². The van der Waals surface area contributed by atoms with E-state index < -0.39 is 20.6 Å². The van der Waals surface area contributed by atoms with Crippen LogP contribution in [-0.2, 0) is 14.0 Å². The topological polar surface area (TPSA) is 54.0 Å². The van der Waals surface area contributed by atoms with Gasteiger partial charge in [-0.3, -0.25) is 4.79 Å². The molecule has 6 heteroatoms. The highest BCUT2D eigenvalue weighted by molar-refractivity contribution is 6.84. The van der Waals surface area contributed by atoms with Crippen molar-refractivity contribution in [2.75, 3.05) is 6.79 Å². The molecule has 2 aromatic rings. The van der Waals surface area contributed by atoms with Crippen LogP contribution in [0.2, 0.25) is 13.1 Å². The number of rotatable bonds is 5. The Labute approximate surface area is 142 Å². The van der Waals surface area contributed by atoms with E-state index in [1.807, 2.05) is 36.4 Å². The average Bonchev–Trinajstić information content (AvgIpc) is 3.02. The van der Waals surface area contributed by atoms with E-state index in [-0.39, 0.29) is 6.79 Å². The quantitative estimate of drug-likeness (QED) is 0.474. The van der Waals surface area contributed by atoms with Crippen LogP contribution < -0.4 is 14.7 Å². The van der Waals surface area contributed by atoms with E-state index in [4.69, 9.17) is 18.6 Å². The van der Waals surface area contributed by atoms with Crippen LogP contribution in [0.5, 0.6) is 11.5 Å².